The molecule has 1 aromatic heterocycles. The molecule has 1 N–H and O–H groups in total. The molecule has 2 saturated carbocycles. The van der Waals surface area contributed by atoms with E-state index in [2.05, 4.69) is 23.9 Å². The van der Waals surface area contributed by atoms with Crippen LogP contribution in [0.25, 0.3) is 6.20 Å². The molecule has 98 valence electrons. The van der Waals surface area contributed by atoms with Crippen LogP contribution in [-0.2, 0) is 6.54 Å². The highest BCUT2D eigenvalue weighted by molar-refractivity contribution is 5.17. The maximum absolute atomic E-state index is 4.21. The maximum atomic E-state index is 4.21. The second kappa shape index (κ2) is 4.88. The van der Waals surface area contributed by atoms with Crippen molar-refractivity contribution in [1.29, 1.82) is 0 Å². The van der Waals surface area contributed by atoms with E-state index in [1.807, 2.05) is 12.4 Å². The maximum Gasteiger partial charge on any atom is 0.0538 e. The highest BCUT2D eigenvalue weighted by Gasteiger charge is 2.41. The first-order chi connectivity index (χ1) is 8.76. The second-order valence-corrected chi connectivity index (χ2v) is 6.02. The molecule has 0 spiro atoms. The summed E-state index contributed by atoms with van der Waals surface area (Å²) in [5.74, 6) is 2.93. The average Bonchev–Trinajstić information content (AvgIpc) is 3.11. The van der Waals surface area contributed by atoms with Crippen molar-refractivity contribution in [1.82, 2.24) is 15.1 Å². The fraction of sp³-hybridized carbons (Fsp3) is 0.667. The van der Waals surface area contributed by atoms with Gasteiger partial charge in [0.1, 0.15) is 0 Å². The summed E-state index contributed by atoms with van der Waals surface area (Å²) in [5.41, 5.74) is 1.24. The van der Waals surface area contributed by atoms with Gasteiger partial charge in [-0.05, 0) is 43.9 Å². The van der Waals surface area contributed by atoms with Gasteiger partial charge in [-0.3, -0.25) is 0 Å². The molecule has 0 saturated heterocycles. The van der Waals surface area contributed by atoms with Gasteiger partial charge in [-0.2, -0.15) is 5.10 Å². The minimum absolute atomic E-state index is 0.632. The van der Waals surface area contributed by atoms with Gasteiger partial charge in [0.2, 0.25) is 0 Å². The molecule has 0 aromatic carbocycles. The first-order valence-electron chi connectivity index (χ1n) is 7.15. The minimum atomic E-state index is 0.632. The molecule has 2 fully saturated rings. The third-order valence-electron chi connectivity index (χ3n) is 4.91. The number of hydrogen-bond acceptors (Lipinski definition) is 2. The molecule has 4 unspecified atom stereocenters. The Balaban J connectivity index is 1.52. The number of nitrogens with one attached hydrogen (secondary N) is 1. The lowest BCUT2D eigenvalue weighted by Crippen LogP contribution is -2.35. The van der Waals surface area contributed by atoms with Crippen LogP contribution in [-0.4, -0.2) is 15.8 Å². The molecular formula is C15H23N3. The summed E-state index contributed by atoms with van der Waals surface area (Å²) in [6, 6.07) is 0.632. The summed E-state index contributed by atoms with van der Waals surface area (Å²) < 4.78 is 1.76. The van der Waals surface area contributed by atoms with Gasteiger partial charge >= 0.3 is 0 Å². The van der Waals surface area contributed by atoms with Crippen LogP contribution >= 0.6 is 0 Å². The smallest absolute Gasteiger partial charge is 0.0538 e. The molecule has 1 aromatic rings. The Morgan fingerprint density at radius 2 is 2.44 bits per heavy atom. The van der Waals surface area contributed by atoms with Gasteiger partial charge in [-0.25, -0.2) is 4.68 Å². The highest BCUT2D eigenvalue weighted by atomic mass is 15.2. The van der Waals surface area contributed by atoms with Crippen LogP contribution in [0.2, 0.25) is 0 Å². The van der Waals surface area contributed by atoms with Crippen molar-refractivity contribution >= 4 is 6.20 Å². The Morgan fingerprint density at radius 3 is 3.06 bits per heavy atom. The monoisotopic (exact) mass is 245 g/mol. The van der Waals surface area contributed by atoms with Gasteiger partial charge in [0, 0.05) is 30.5 Å². The molecule has 4 atom stereocenters. The van der Waals surface area contributed by atoms with Crippen molar-refractivity contribution in [2.75, 3.05) is 0 Å². The van der Waals surface area contributed by atoms with Gasteiger partial charge < -0.3 is 5.32 Å². The molecule has 0 radical (unpaired) electrons. The zero-order chi connectivity index (χ0) is 12.5. The van der Waals surface area contributed by atoms with E-state index in [4.69, 9.17) is 0 Å². The van der Waals surface area contributed by atoms with E-state index in [-0.39, 0.29) is 0 Å². The predicted molar refractivity (Wildman–Crippen MR) is 73.9 cm³/mol. The molecule has 18 heavy (non-hydrogen) atoms. The van der Waals surface area contributed by atoms with Crippen LogP contribution in [0.5, 0.6) is 0 Å². The molecule has 3 heteroatoms. The van der Waals surface area contributed by atoms with E-state index in [0.29, 0.717) is 6.04 Å². The van der Waals surface area contributed by atoms with Crippen molar-refractivity contribution < 1.29 is 0 Å². The van der Waals surface area contributed by atoms with Gasteiger partial charge in [-0.15, -0.1) is 0 Å². The lowest BCUT2D eigenvalue weighted by molar-refractivity contribution is 0.259. The Bertz CT molecular complexity index is 423. The first kappa shape index (κ1) is 12.0. The normalized spacial score (nSPS) is 31.7. The fourth-order valence-electron chi connectivity index (χ4n) is 3.91. The van der Waals surface area contributed by atoms with Crippen molar-refractivity contribution in [2.45, 2.75) is 45.2 Å². The summed E-state index contributed by atoms with van der Waals surface area (Å²) in [6.45, 7) is 6.98. The molecule has 2 bridgehead atoms. The summed E-state index contributed by atoms with van der Waals surface area (Å²) in [7, 11) is 0. The topological polar surface area (TPSA) is 29.9 Å². The van der Waals surface area contributed by atoms with Crippen LogP contribution in [0.3, 0.4) is 0 Å². The number of nitrogens with zero attached hydrogens (tertiary/aromatic N) is 2. The molecule has 1 heterocycles. The lowest BCUT2D eigenvalue weighted by atomic mass is 9.84. The van der Waals surface area contributed by atoms with Crippen molar-refractivity contribution in [3.63, 3.8) is 0 Å². The fourth-order valence-corrected chi connectivity index (χ4v) is 3.91. The predicted octanol–water partition coefficient (Wildman–Crippen LogP) is 2.90. The summed E-state index contributed by atoms with van der Waals surface area (Å²) in [4.78, 5) is 0. The van der Waals surface area contributed by atoms with Gasteiger partial charge in [-0.1, -0.05) is 13.0 Å². The molecule has 3 nitrogen and oxygen atoms in total. The van der Waals surface area contributed by atoms with Crippen LogP contribution in [0, 0.1) is 17.8 Å². The zero-order valence-electron chi connectivity index (χ0n) is 11.2. The molecule has 0 amide bonds. The van der Waals surface area contributed by atoms with Gasteiger partial charge in [0.15, 0.2) is 0 Å². The Labute approximate surface area is 109 Å². The molecule has 0 aliphatic heterocycles. The van der Waals surface area contributed by atoms with E-state index in [1.54, 1.807) is 10.9 Å². The number of aromatic nitrogens is 2. The Morgan fingerprint density at radius 1 is 1.56 bits per heavy atom. The van der Waals surface area contributed by atoms with E-state index >= 15 is 0 Å². The van der Waals surface area contributed by atoms with E-state index in [9.17, 15) is 0 Å². The molecule has 2 aliphatic rings. The molecule has 2 aliphatic carbocycles. The van der Waals surface area contributed by atoms with Gasteiger partial charge in [0.05, 0.1) is 6.20 Å². The summed E-state index contributed by atoms with van der Waals surface area (Å²) in [5, 5.41) is 7.88. The molecular weight excluding hydrogens is 222 g/mol. The Hall–Kier alpha value is -1.09. The zero-order valence-corrected chi connectivity index (χ0v) is 11.2. The van der Waals surface area contributed by atoms with Crippen LogP contribution in [0.1, 0.15) is 38.2 Å². The third kappa shape index (κ3) is 2.24. The van der Waals surface area contributed by atoms with Crippen LogP contribution < -0.4 is 5.32 Å². The van der Waals surface area contributed by atoms with Crippen LogP contribution in [0.15, 0.2) is 19.0 Å². The van der Waals surface area contributed by atoms with E-state index in [0.717, 1.165) is 24.3 Å². The summed E-state index contributed by atoms with van der Waals surface area (Å²) in [6.07, 6.45) is 11.6. The second-order valence-electron chi connectivity index (χ2n) is 6.02. The van der Waals surface area contributed by atoms with Crippen molar-refractivity contribution in [3.8, 4) is 0 Å². The first-order valence-corrected chi connectivity index (χ1v) is 7.15. The van der Waals surface area contributed by atoms with Crippen molar-refractivity contribution in [3.05, 3.63) is 24.5 Å². The third-order valence-corrected chi connectivity index (χ3v) is 4.91. The quantitative estimate of drug-likeness (QED) is 0.864. The lowest BCUT2D eigenvalue weighted by Gasteiger charge is -2.28. The van der Waals surface area contributed by atoms with Crippen molar-refractivity contribution in [2.24, 2.45) is 17.8 Å². The molecule has 3 rings (SSSR count). The average molecular weight is 245 g/mol. The minimum Gasteiger partial charge on any atom is -0.310 e. The summed E-state index contributed by atoms with van der Waals surface area (Å²) >= 11 is 0. The number of fused-ring (bicyclic) bond motifs is 2. The van der Waals surface area contributed by atoms with E-state index in [1.165, 1.54) is 31.2 Å². The Kier molecular flexibility index (Phi) is 3.25. The standard InChI is InChI=1S/C15H23N3/c1-3-18-10-13(9-17-18)8-16-11(2)15-7-12-4-5-14(15)6-12/h3,9-12,14-16H,1,4-8H2,2H3. The number of hydrogen-bond donors (Lipinski definition) is 1. The van der Waals surface area contributed by atoms with Crippen LogP contribution in [0.4, 0.5) is 0 Å². The van der Waals surface area contributed by atoms with Gasteiger partial charge in [0.25, 0.3) is 0 Å². The SMILES string of the molecule is C=Cn1cc(CNC(C)C2CC3CCC2C3)cn1. The number of rotatable bonds is 5. The largest absolute Gasteiger partial charge is 0.310 e. The van der Waals surface area contributed by atoms with E-state index < -0.39 is 0 Å². The highest BCUT2D eigenvalue weighted by Crippen LogP contribution is 2.49.